The van der Waals surface area contributed by atoms with Crippen molar-refractivity contribution in [2.24, 2.45) is 5.11 Å². The van der Waals surface area contributed by atoms with E-state index in [0.29, 0.717) is 19.8 Å². The molecule has 0 unspecified atom stereocenters. The zero-order valence-corrected chi connectivity index (χ0v) is 25.3. The first-order chi connectivity index (χ1) is 19.8. The molecule has 2 aromatic rings. The highest BCUT2D eigenvalue weighted by atomic mass is 28.4. The molecule has 0 saturated carbocycles. The summed E-state index contributed by atoms with van der Waals surface area (Å²) in [6.07, 6.45) is -5.16. The highest BCUT2D eigenvalue weighted by Crippen LogP contribution is 2.37. The fraction of sp³-hybridized carbons (Fsp3) is 0.586. The van der Waals surface area contributed by atoms with E-state index in [2.05, 4.69) is 55.1 Å². The quantitative estimate of drug-likeness (QED) is 0.0999. The van der Waals surface area contributed by atoms with E-state index < -0.39 is 39.0 Å². The summed E-state index contributed by atoms with van der Waals surface area (Å²) in [6.45, 7) is 8.31. The van der Waals surface area contributed by atoms with Crippen molar-refractivity contribution in [3.63, 3.8) is 0 Å². The molecule has 3 rings (SSSR count). The van der Waals surface area contributed by atoms with Gasteiger partial charge in [0.05, 0.1) is 39.6 Å². The number of azide groups is 1. The number of aliphatic hydroxyl groups is 2. The van der Waals surface area contributed by atoms with Gasteiger partial charge in [-0.1, -0.05) is 86.5 Å². The van der Waals surface area contributed by atoms with Gasteiger partial charge in [-0.3, -0.25) is 0 Å². The Bertz CT molecular complexity index is 1030. The summed E-state index contributed by atoms with van der Waals surface area (Å²) >= 11 is 0. The standard InChI is InChI=1S/C29H43N3O8Si/c1-29(2,3)41(22-11-7-5-8-12-22,23-13-9-6-10-14-23)39-21-24-27(35-4)25(33)26(34)28(40-24)38-20-19-37-18-17-36-16-15-31-32-30/h5-14,24-28,33-34H,15-21H2,1-4H3/t24-,25-,26+,27-,28+/m1/s1. The zero-order valence-electron chi connectivity index (χ0n) is 24.3. The minimum atomic E-state index is -2.87. The molecule has 11 nitrogen and oxygen atoms in total. The molecule has 0 radical (unpaired) electrons. The van der Waals surface area contributed by atoms with Gasteiger partial charge in [0, 0.05) is 18.6 Å². The molecule has 0 spiro atoms. The van der Waals surface area contributed by atoms with Gasteiger partial charge in [-0.15, -0.1) is 0 Å². The third kappa shape index (κ3) is 8.59. The Kier molecular flexibility index (Phi) is 13.2. The summed E-state index contributed by atoms with van der Waals surface area (Å²) in [4.78, 5) is 2.66. The molecular weight excluding hydrogens is 546 g/mol. The van der Waals surface area contributed by atoms with Gasteiger partial charge in [-0.05, 0) is 20.9 Å². The average Bonchev–Trinajstić information content (AvgIpc) is 2.97. The Balaban J connectivity index is 1.69. The fourth-order valence-corrected chi connectivity index (χ4v) is 9.70. The molecular formula is C29H43N3O8Si. The summed E-state index contributed by atoms with van der Waals surface area (Å²) in [5, 5.41) is 27.0. The number of methoxy groups -OCH3 is 1. The van der Waals surface area contributed by atoms with Crippen LogP contribution in [0.5, 0.6) is 0 Å². The molecule has 1 saturated heterocycles. The third-order valence-corrected chi connectivity index (χ3v) is 12.1. The number of hydrogen-bond donors (Lipinski definition) is 2. The van der Waals surface area contributed by atoms with E-state index in [-0.39, 0.29) is 31.4 Å². The maximum atomic E-state index is 10.9. The first kappa shape index (κ1) is 33.2. The second kappa shape index (κ2) is 16.3. The highest BCUT2D eigenvalue weighted by Gasteiger charge is 2.52. The monoisotopic (exact) mass is 589 g/mol. The Morgan fingerprint density at radius 1 is 0.878 bits per heavy atom. The normalized spacial score (nSPS) is 23.2. The summed E-state index contributed by atoms with van der Waals surface area (Å²) in [5.74, 6) is 0. The topological polar surface area (TPSA) is 145 Å². The van der Waals surface area contributed by atoms with E-state index in [1.165, 1.54) is 7.11 Å². The number of rotatable bonds is 16. The Labute approximate surface area is 243 Å². The second-order valence-electron chi connectivity index (χ2n) is 10.7. The Morgan fingerprint density at radius 3 is 1.98 bits per heavy atom. The Morgan fingerprint density at radius 2 is 1.44 bits per heavy atom. The molecule has 0 aromatic heterocycles. The summed E-state index contributed by atoms with van der Waals surface area (Å²) in [7, 11) is -1.39. The molecule has 0 aliphatic carbocycles. The van der Waals surface area contributed by atoms with Gasteiger partial charge in [0.15, 0.2) is 6.29 Å². The fourth-order valence-electron chi connectivity index (χ4n) is 5.13. The molecule has 1 aliphatic rings. The Hall–Kier alpha value is -2.35. The maximum Gasteiger partial charge on any atom is 0.261 e. The molecule has 12 heteroatoms. The molecule has 1 aliphatic heterocycles. The van der Waals surface area contributed by atoms with Crippen LogP contribution in [0.1, 0.15) is 20.8 Å². The third-order valence-electron chi connectivity index (χ3n) is 7.07. The number of benzene rings is 2. The smallest absolute Gasteiger partial charge is 0.261 e. The van der Waals surface area contributed by atoms with E-state index in [4.69, 9.17) is 33.6 Å². The number of ether oxygens (including phenoxy) is 5. The van der Waals surface area contributed by atoms with Crippen LogP contribution in [0.4, 0.5) is 0 Å². The summed E-state index contributed by atoms with van der Waals surface area (Å²) < 4.78 is 35.3. The van der Waals surface area contributed by atoms with Crippen molar-refractivity contribution in [1.82, 2.24) is 0 Å². The lowest BCUT2D eigenvalue weighted by molar-refractivity contribution is -0.305. The van der Waals surface area contributed by atoms with E-state index >= 15 is 0 Å². The van der Waals surface area contributed by atoms with E-state index in [9.17, 15) is 10.2 Å². The van der Waals surface area contributed by atoms with Crippen LogP contribution in [0.15, 0.2) is 65.8 Å². The molecule has 226 valence electrons. The van der Waals surface area contributed by atoms with Crippen LogP contribution < -0.4 is 10.4 Å². The maximum absolute atomic E-state index is 10.9. The van der Waals surface area contributed by atoms with Gasteiger partial charge in [-0.25, -0.2) is 0 Å². The van der Waals surface area contributed by atoms with Crippen molar-refractivity contribution in [2.45, 2.75) is 56.5 Å². The van der Waals surface area contributed by atoms with Crippen LogP contribution in [-0.4, -0.2) is 103 Å². The van der Waals surface area contributed by atoms with E-state index in [1.54, 1.807) is 0 Å². The van der Waals surface area contributed by atoms with Crippen LogP contribution in [0.25, 0.3) is 10.4 Å². The van der Waals surface area contributed by atoms with Crippen molar-refractivity contribution in [2.75, 3.05) is 53.3 Å². The number of aliphatic hydroxyl groups excluding tert-OH is 2. The summed E-state index contributed by atoms with van der Waals surface area (Å²) in [6, 6.07) is 20.5. The van der Waals surface area contributed by atoms with Crippen molar-refractivity contribution >= 4 is 18.7 Å². The molecule has 1 fully saturated rings. The average molecular weight is 590 g/mol. The van der Waals surface area contributed by atoms with Crippen LogP contribution in [0, 0.1) is 0 Å². The van der Waals surface area contributed by atoms with Gasteiger partial charge >= 0.3 is 0 Å². The lowest BCUT2D eigenvalue weighted by atomic mass is 9.99. The zero-order chi connectivity index (χ0) is 29.7. The first-order valence-corrected chi connectivity index (χ1v) is 15.7. The largest absolute Gasteiger partial charge is 0.405 e. The number of hydrogen-bond acceptors (Lipinski definition) is 9. The van der Waals surface area contributed by atoms with Gasteiger partial charge < -0.3 is 38.3 Å². The predicted octanol–water partition coefficient (Wildman–Crippen LogP) is 2.38. The van der Waals surface area contributed by atoms with Crippen molar-refractivity contribution in [3.8, 4) is 0 Å². The summed E-state index contributed by atoms with van der Waals surface area (Å²) in [5.41, 5.74) is 8.25. The lowest BCUT2D eigenvalue weighted by Gasteiger charge is -2.46. The van der Waals surface area contributed by atoms with Crippen molar-refractivity contribution in [3.05, 3.63) is 71.1 Å². The second-order valence-corrected chi connectivity index (χ2v) is 15.1. The number of nitrogens with zero attached hydrogens (tertiary/aromatic N) is 3. The molecule has 2 aromatic carbocycles. The van der Waals surface area contributed by atoms with Crippen LogP contribution in [0.3, 0.4) is 0 Å². The van der Waals surface area contributed by atoms with Crippen LogP contribution >= 0.6 is 0 Å². The first-order valence-electron chi connectivity index (χ1n) is 13.8. The highest BCUT2D eigenvalue weighted by molar-refractivity contribution is 6.99. The lowest BCUT2D eigenvalue weighted by Crippen LogP contribution is -2.68. The van der Waals surface area contributed by atoms with Crippen molar-refractivity contribution < 1.29 is 38.3 Å². The molecule has 5 atom stereocenters. The van der Waals surface area contributed by atoms with Gasteiger partial charge in [0.25, 0.3) is 8.32 Å². The van der Waals surface area contributed by atoms with Crippen LogP contribution in [-0.2, 0) is 28.1 Å². The van der Waals surface area contributed by atoms with Gasteiger partial charge in [0.2, 0.25) is 0 Å². The SMILES string of the molecule is CO[C@H]1[C@H](O)[C@H](O)[C@@H](OCCOCCOCCN=[N+]=[N-])O[C@@H]1CO[Si](c1ccccc1)(c1ccccc1)C(C)(C)C. The molecule has 0 amide bonds. The van der Waals surface area contributed by atoms with E-state index in [0.717, 1.165) is 10.4 Å². The molecule has 0 bridgehead atoms. The van der Waals surface area contributed by atoms with Gasteiger partial charge in [-0.2, -0.15) is 0 Å². The predicted molar refractivity (Wildman–Crippen MR) is 157 cm³/mol. The minimum Gasteiger partial charge on any atom is -0.405 e. The van der Waals surface area contributed by atoms with Crippen molar-refractivity contribution in [1.29, 1.82) is 0 Å². The minimum absolute atomic E-state index is 0.124. The molecule has 41 heavy (non-hydrogen) atoms. The van der Waals surface area contributed by atoms with Gasteiger partial charge in [0.1, 0.15) is 24.4 Å². The molecule has 1 heterocycles. The van der Waals surface area contributed by atoms with E-state index in [1.807, 2.05) is 36.4 Å². The molecule has 2 N–H and O–H groups in total. The van der Waals surface area contributed by atoms with Crippen LogP contribution in [0.2, 0.25) is 5.04 Å².